The third-order valence-corrected chi connectivity index (χ3v) is 7.74. The number of nitrogens with one attached hydrogen (secondary N) is 3. The molecule has 16 heteroatoms. The minimum atomic E-state index is -1.25. The van der Waals surface area contributed by atoms with Crippen molar-refractivity contribution in [3.63, 3.8) is 0 Å². The summed E-state index contributed by atoms with van der Waals surface area (Å²) < 4.78 is 1.27. The molecule has 242 valence electrons. The maximum absolute atomic E-state index is 13.4. The van der Waals surface area contributed by atoms with Crippen LogP contribution in [0.5, 0.6) is 0 Å². The fourth-order valence-corrected chi connectivity index (χ4v) is 5.16. The second-order valence-corrected chi connectivity index (χ2v) is 11.2. The molecule has 1 aliphatic rings. The summed E-state index contributed by atoms with van der Waals surface area (Å²) in [5.41, 5.74) is 2.03. The topological polar surface area (TPSA) is 209 Å². The van der Waals surface area contributed by atoms with Crippen LogP contribution < -0.4 is 20.9 Å². The van der Waals surface area contributed by atoms with E-state index in [9.17, 15) is 34.2 Å². The number of carbonyl (C=O) groups excluding carboxylic acids is 4. The third-order valence-electron chi connectivity index (χ3n) is 7.50. The summed E-state index contributed by atoms with van der Waals surface area (Å²) in [4.78, 5) is 65.1. The van der Waals surface area contributed by atoms with Crippen LogP contribution in [0.15, 0.2) is 73.1 Å². The quantitative estimate of drug-likeness (QED) is 0.156. The number of piperidine rings is 1. The SMILES string of the molecule is O=C(Nc1cc(Cl)ccc1-n1cnnn1)C(=O)N[C@@H](Cc1ccc(N2CCC(CO)CC2=O)cc1)C(=O)Nc1ccc(C(=O)O)cc1. The van der Waals surface area contributed by atoms with Gasteiger partial charge in [0.15, 0.2) is 0 Å². The molecule has 2 heterocycles. The summed E-state index contributed by atoms with van der Waals surface area (Å²) in [5.74, 6) is -4.19. The molecule has 0 bridgehead atoms. The van der Waals surface area contributed by atoms with Crippen LogP contribution >= 0.6 is 11.6 Å². The van der Waals surface area contributed by atoms with Crippen molar-refractivity contribution in [2.45, 2.75) is 25.3 Å². The largest absolute Gasteiger partial charge is 0.478 e. The Kier molecular flexibility index (Phi) is 10.2. The Hall–Kier alpha value is -5.67. The normalized spacial score (nSPS) is 15.1. The third kappa shape index (κ3) is 8.14. The number of amides is 4. The number of aliphatic hydroxyl groups excluding tert-OH is 1. The number of carboxylic acid groups (broad SMARTS) is 1. The van der Waals surface area contributed by atoms with Gasteiger partial charge in [0.1, 0.15) is 12.4 Å². The van der Waals surface area contributed by atoms with Gasteiger partial charge in [-0.25, -0.2) is 4.79 Å². The van der Waals surface area contributed by atoms with Crippen LogP contribution in [0.2, 0.25) is 5.02 Å². The summed E-state index contributed by atoms with van der Waals surface area (Å²) in [7, 11) is 0. The van der Waals surface area contributed by atoms with E-state index in [1.54, 1.807) is 41.3 Å². The molecule has 0 spiro atoms. The molecule has 47 heavy (non-hydrogen) atoms. The predicted octanol–water partition coefficient (Wildman–Crippen LogP) is 2.05. The van der Waals surface area contributed by atoms with Crippen molar-refractivity contribution in [1.29, 1.82) is 0 Å². The van der Waals surface area contributed by atoms with Gasteiger partial charge in [0.2, 0.25) is 11.8 Å². The first-order valence-electron chi connectivity index (χ1n) is 14.4. The van der Waals surface area contributed by atoms with Crippen LogP contribution in [-0.4, -0.2) is 79.2 Å². The number of nitrogens with zero attached hydrogens (tertiary/aromatic N) is 5. The number of hydrogen-bond donors (Lipinski definition) is 5. The second-order valence-electron chi connectivity index (χ2n) is 10.7. The van der Waals surface area contributed by atoms with E-state index in [4.69, 9.17) is 11.6 Å². The highest BCUT2D eigenvalue weighted by Gasteiger charge is 2.28. The molecule has 3 aromatic carbocycles. The second kappa shape index (κ2) is 14.6. The minimum Gasteiger partial charge on any atom is -0.478 e. The molecule has 1 fully saturated rings. The standard InChI is InChI=1S/C31H29ClN8O7/c32-21-5-10-26(40-17-33-37-38-40)24(15-21)35-29(44)30(45)36-25(28(43)34-22-6-3-20(4-7-22)31(46)47)13-18-1-8-23(9-2-18)39-12-11-19(16-41)14-27(39)42/h1-10,15,17,19,25,41H,11-14,16H2,(H,34,43)(H,35,44)(H,36,45)(H,46,47)/t19?,25-/m0/s1. The molecule has 2 atom stereocenters. The van der Waals surface area contributed by atoms with Gasteiger partial charge in [-0.3, -0.25) is 19.2 Å². The lowest BCUT2D eigenvalue weighted by atomic mass is 9.96. The highest BCUT2D eigenvalue weighted by Crippen LogP contribution is 2.26. The number of benzene rings is 3. The van der Waals surface area contributed by atoms with E-state index in [-0.39, 0.29) is 53.2 Å². The average molecular weight is 661 g/mol. The lowest BCUT2D eigenvalue weighted by Crippen LogP contribution is -2.49. The Labute approximate surface area is 272 Å². The van der Waals surface area contributed by atoms with Crippen molar-refractivity contribution < 1.29 is 34.2 Å². The zero-order valence-corrected chi connectivity index (χ0v) is 25.4. The molecule has 0 saturated carbocycles. The van der Waals surface area contributed by atoms with Crippen molar-refractivity contribution in [3.05, 3.63) is 89.2 Å². The Morgan fingerprint density at radius 3 is 2.36 bits per heavy atom. The lowest BCUT2D eigenvalue weighted by Gasteiger charge is -2.31. The Morgan fingerprint density at radius 2 is 1.72 bits per heavy atom. The van der Waals surface area contributed by atoms with Crippen LogP contribution in [0, 0.1) is 5.92 Å². The zero-order chi connectivity index (χ0) is 33.5. The van der Waals surface area contributed by atoms with Gasteiger partial charge < -0.3 is 31.1 Å². The molecular formula is C31H29ClN8O7. The summed E-state index contributed by atoms with van der Waals surface area (Å²) in [5, 5.41) is 37.4. The van der Waals surface area contributed by atoms with Crippen molar-refractivity contribution in [3.8, 4) is 5.69 Å². The van der Waals surface area contributed by atoms with Gasteiger partial charge in [0.05, 0.1) is 16.9 Å². The van der Waals surface area contributed by atoms with E-state index in [1.807, 2.05) is 0 Å². The molecule has 15 nitrogen and oxygen atoms in total. The van der Waals surface area contributed by atoms with Crippen LogP contribution in [0.4, 0.5) is 17.1 Å². The summed E-state index contributed by atoms with van der Waals surface area (Å²) in [6.07, 6.45) is 2.17. The van der Waals surface area contributed by atoms with E-state index in [1.165, 1.54) is 41.3 Å². The van der Waals surface area contributed by atoms with Crippen molar-refractivity contribution >= 4 is 58.3 Å². The first kappa shape index (κ1) is 32.7. The smallest absolute Gasteiger partial charge is 0.335 e. The van der Waals surface area contributed by atoms with Crippen LogP contribution in [0.1, 0.15) is 28.8 Å². The fourth-order valence-electron chi connectivity index (χ4n) is 4.99. The van der Waals surface area contributed by atoms with Gasteiger partial charge in [0, 0.05) is 42.4 Å². The number of aromatic nitrogens is 4. The molecule has 5 rings (SSSR count). The number of hydrogen-bond acceptors (Lipinski definition) is 9. The molecule has 1 saturated heterocycles. The number of tetrazole rings is 1. The lowest BCUT2D eigenvalue weighted by molar-refractivity contribution is -0.137. The summed E-state index contributed by atoms with van der Waals surface area (Å²) >= 11 is 6.11. The molecule has 4 amide bonds. The Balaban J connectivity index is 1.33. The maximum Gasteiger partial charge on any atom is 0.335 e. The van der Waals surface area contributed by atoms with Crippen molar-refractivity contribution in [1.82, 2.24) is 25.5 Å². The highest BCUT2D eigenvalue weighted by molar-refractivity contribution is 6.40. The first-order valence-corrected chi connectivity index (χ1v) is 14.8. The molecule has 4 aromatic rings. The number of rotatable bonds is 10. The average Bonchev–Trinajstić information content (AvgIpc) is 3.60. The van der Waals surface area contributed by atoms with Gasteiger partial charge >= 0.3 is 17.8 Å². The number of anilines is 3. The van der Waals surface area contributed by atoms with E-state index >= 15 is 0 Å². The number of aliphatic hydroxyl groups is 1. The minimum absolute atomic E-state index is 0.0192. The number of carboxylic acids is 1. The molecule has 1 unspecified atom stereocenters. The van der Waals surface area contributed by atoms with E-state index in [0.29, 0.717) is 29.9 Å². The first-order chi connectivity index (χ1) is 22.6. The van der Waals surface area contributed by atoms with Gasteiger partial charge in [-0.15, -0.1) is 5.10 Å². The van der Waals surface area contributed by atoms with Gasteiger partial charge in [-0.05, 0) is 82.9 Å². The number of carbonyl (C=O) groups is 5. The summed E-state index contributed by atoms with van der Waals surface area (Å²) in [6.45, 7) is 0.414. The van der Waals surface area contributed by atoms with E-state index in [0.717, 1.165) is 0 Å². The zero-order valence-electron chi connectivity index (χ0n) is 24.7. The fraction of sp³-hybridized carbons (Fsp3) is 0.226. The number of halogens is 1. The van der Waals surface area contributed by atoms with Crippen molar-refractivity contribution in [2.75, 3.05) is 28.7 Å². The molecule has 1 aliphatic heterocycles. The maximum atomic E-state index is 13.4. The van der Waals surface area contributed by atoms with Crippen LogP contribution in [0.25, 0.3) is 5.69 Å². The molecule has 1 aromatic heterocycles. The van der Waals surface area contributed by atoms with E-state index < -0.39 is 29.7 Å². The van der Waals surface area contributed by atoms with Crippen molar-refractivity contribution in [2.24, 2.45) is 5.92 Å². The Morgan fingerprint density at radius 1 is 0.979 bits per heavy atom. The molecule has 0 radical (unpaired) electrons. The molecular weight excluding hydrogens is 632 g/mol. The van der Waals surface area contributed by atoms with Gasteiger partial charge in [-0.2, -0.15) is 4.68 Å². The van der Waals surface area contributed by atoms with Gasteiger partial charge in [0.25, 0.3) is 0 Å². The van der Waals surface area contributed by atoms with E-state index in [2.05, 4.69) is 31.5 Å². The molecule has 5 N–H and O–H groups in total. The van der Waals surface area contributed by atoms with Crippen LogP contribution in [0.3, 0.4) is 0 Å². The number of aromatic carboxylic acids is 1. The summed E-state index contributed by atoms with van der Waals surface area (Å²) in [6, 6.07) is 15.5. The molecule has 0 aliphatic carbocycles. The predicted molar refractivity (Wildman–Crippen MR) is 169 cm³/mol. The Bertz CT molecular complexity index is 1780. The van der Waals surface area contributed by atoms with Crippen LogP contribution in [-0.2, 0) is 25.6 Å². The monoisotopic (exact) mass is 660 g/mol. The highest BCUT2D eigenvalue weighted by atomic mass is 35.5. The van der Waals surface area contributed by atoms with Gasteiger partial charge in [-0.1, -0.05) is 23.7 Å².